The van der Waals surface area contributed by atoms with E-state index >= 15 is 0 Å². The van der Waals surface area contributed by atoms with Crippen LogP contribution in [0.3, 0.4) is 0 Å². The number of nitrogens with one attached hydrogen (secondary N) is 1. The molecule has 0 aliphatic heterocycles. The van der Waals surface area contributed by atoms with Gasteiger partial charge in [-0.15, -0.1) is 0 Å². The Morgan fingerprint density at radius 2 is 1.68 bits per heavy atom. The Hall–Kier alpha value is -2.63. The summed E-state index contributed by atoms with van der Waals surface area (Å²) in [6.45, 7) is 0. The number of carbonyl (C=O) groups is 1. The van der Waals surface area contributed by atoms with Gasteiger partial charge in [0.05, 0.1) is 12.4 Å². The van der Waals surface area contributed by atoms with Crippen molar-refractivity contribution in [1.82, 2.24) is 9.97 Å². The molecule has 0 saturated carbocycles. The molecule has 0 spiro atoms. The number of rotatable bonds is 4. The van der Waals surface area contributed by atoms with Crippen molar-refractivity contribution < 1.29 is 4.79 Å². The predicted octanol–water partition coefficient (Wildman–Crippen LogP) is 4.80. The van der Waals surface area contributed by atoms with E-state index in [1.54, 1.807) is 24.4 Å². The zero-order valence-electron chi connectivity index (χ0n) is 13.3. The van der Waals surface area contributed by atoms with Gasteiger partial charge in [0.25, 0.3) is 5.91 Å². The zero-order chi connectivity index (χ0) is 17.8. The Labute approximate surface area is 155 Å². The van der Waals surface area contributed by atoms with E-state index in [0.717, 1.165) is 5.69 Å². The number of anilines is 3. The number of amides is 1. The van der Waals surface area contributed by atoms with Gasteiger partial charge in [-0.05, 0) is 30.3 Å². The molecule has 0 atom stereocenters. The normalized spacial score (nSPS) is 10.4. The number of para-hydroxylation sites is 1. The molecule has 0 radical (unpaired) electrons. The first-order valence-corrected chi connectivity index (χ1v) is 8.17. The van der Waals surface area contributed by atoms with Crippen LogP contribution in [0.4, 0.5) is 17.2 Å². The highest BCUT2D eigenvalue weighted by atomic mass is 35.5. The minimum atomic E-state index is -0.389. The Morgan fingerprint density at radius 1 is 1.00 bits per heavy atom. The molecule has 0 unspecified atom stereocenters. The highest BCUT2D eigenvalue weighted by Gasteiger charge is 2.11. The molecule has 25 heavy (non-hydrogen) atoms. The number of carbonyl (C=O) groups excluding carboxylic acids is 1. The number of aromatic nitrogens is 2. The summed E-state index contributed by atoms with van der Waals surface area (Å²) in [5.41, 5.74) is 1.67. The Balaban J connectivity index is 1.74. The number of benzene rings is 2. The molecule has 1 amide bonds. The fourth-order valence-electron chi connectivity index (χ4n) is 2.22. The molecular weight excluding hydrogens is 359 g/mol. The average Bonchev–Trinajstić information content (AvgIpc) is 2.61. The molecule has 7 heteroatoms. The van der Waals surface area contributed by atoms with Crippen LogP contribution in [0.1, 0.15) is 10.5 Å². The van der Waals surface area contributed by atoms with Crippen molar-refractivity contribution in [3.8, 4) is 0 Å². The van der Waals surface area contributed by atoms with Gasteiger partial charge in [-0.1, -0.05) is 41.4 Å². The number of nitrogens with zero attached hydrogens (tertiary/aromatic N) is 3. The highest BCUT2D eigenvalue weighted by molar-refractivity contribution is 6.35. The number of hydrogen-bond acceptors (Lipinski definition) is 4. The van der Waals surface area contributed by atoms with Gasteiger partial charge in [-0.25, -0.2) is 9.97 Å². The molecule has 0 saturated heterocycles. The predicted molar refractivity (Wildman–Crippen MR) is 101 cm³/mol. The largest absolute Gasteiger partial charge is 0.328 e. The third-order valence-corrected chi connectivity index (χ3v) is 3.91. The molecule has 2 aromatic carbocycles. The van der Waals surface area contributed by atoms with Crippen molar-refractivity contribution in [1.29, 1.82) is 0 Å². The van der Waals surface area contributed by atoms with E-state index in [4.69, 9.17) is 23.2 Å². The molecule has 0 aliphatic rings. The molecule has 0 fully saturated rings. The molecule has 1 heterocycles. The van der Waals surface area contributed by atoms with Crippen LogP contribution in [-0.2, 0) is 0 Å². The SMILES string of the molecule is CN(c1ccccc1)c1cnc(C(=O)Nc2cc(Cl)cc(Cl)c2)cn1. The van der Waals surface area contributed by atoms with Crippen LogP contribution in [0.5, 0.6) is 0 Å². The summed E-state index contributed by atoms with van der Waals surface area (Å²) >= 11 is 11.8. The smallest absolute Gasteiger partial charge is 0.275 e. The van der Waals surface area contributed by atoms with E-state index < -0.39 is 0 Å². The van der Waals surface area contributed by atoms with Crippen LogP contribution in [0.25, 0.3) is 0 Å². The summed E-state index contributed by atoms with van der Waals surface area (Å²) in [5.74, 6) is 0.244. The Kier molecular flexibility index (Phi) is 5.16. The monoisotopic (exact) mass is 372 g/mol. The summed E-state index contributed by atoms with van der Waals surface area (Å²) in [6.07, 6.45) is 2.98. The lowest BCUT2D eigenvalue weighted by molar-refractivity contribution is 0.102. The van der Waals surface area contributed by atoms with Crippen molar-refractivity contribution in [3.05, 3.63) is 76.7 Å². The van der Waals surface area contributed by atoms with Gasteiger partial charge in [0.2, 0.25) is 0 Å². The average molecular weight is 373 g/mol. The molecule has 0 bridgehead atoms. The van der Waals surface area contributed by atoms with Crippen molar-refractivity contribution in [2.45, 2.75) is 0 Å². The van der Waals surface area contributed by atoms with E-state index in [1.165, 1.54) is 6.20 Å². The van der Waals surface area contributed by atoms with E-state index in [2.05, 4.69) is 15.3 Å². The third-order valence-electron chi connectivity index (χ3n) is 3.48. The first-order valence-electron chi connectivity index (χ1n) is 7.41. The lowest BCUT2D eigenvalue weighted by Crippen LogP contribution is -2.16. The minimum Gasteiger partial charge on any atom is -0.328 e. The second-order valence-electron chi connectivity index (χ2n) is 5.27. The van der Waals surface area contributed by atoms with E-state index in [0.29, 0.717) is 21.6 Å². The lowest BCUT2D eigenvalue weighted by atomic mass is 10.3. The first kappa shape index (κ1) is 17.2. The second-order valence-corrected chi connectivity index (χ2v) is 6.14. The van der Waals surface area contributed by atoms with Gasteiger partial charge in [0, 0.05) is 28.5 Å². The molecule has 0 aliphatic carbocycles. The second kappa shape index (κ2) is 7.51. The standard InChI is InChI=1S/C18H14Cl2N4O/c1-24(15-5-3-2-4-6-15)17-11-21-16(10-22-17)18(25)23-14-8-12(19)7-13(20)9-14/h2-11H,1H3,(H,23,25). The molecule has 126 valence electrons. The number of hydrogen-bond donors (Lipinski definition) is 1. The summed E-state index contributed by atoms with van der Waals surface area (Å²) in [7, 11) is 1.88. The van der Waals surface area contributed by atoms with E-state index in [1.807, 2.05) is 42.3 Å². The molecule has 1 N–H and O–H groups in total. The van der Waals surface area contributed by atoms with Gasteiger partial charge in [0.15, 0.2) is 5.82 Å². The maximum Gasteiger partial charge on any atom is 0.275 e. The van der Waals surface area contributed by atoms with Crippen LogP contribution in [0.15, 0.2) is 60.9 Å². The van der Waals surface area contributed by atoms with Crippen LogP contribution >= 0.6 is 23.2 Å². The zero-order valence-corrected chi connectivity index (χ0v) is 14.8. The fraction of sp³-hybridized carbons (Fsp3) is 0.0556. The third kappa shape index (κ3) is 4.26. The molecular formula is C18H14Cl2N4O. The Bertz CT molecular complexity index is 865. The number of halogens is 2. The van der Waals surface area contributed by atoms with Gasteiger partial charge >= 0.3 is 0 Å². The maximum atomic E-state index is 12.3. The fourth-order valence-corrected chi connectivity index (χ4v) is 2.74. The maximum absolute atomic E-state index is 12.3. The van der Waals surface area contributed by atoms with Gasteiger partial charge < -0.3 is 10.2 Å². The van der Waals surface area contributed by atoms with Gasteiger partial charge in [-0.2, -0.15) is 0 Å². The van der Waals surface area contributed by atoms with Crippen LogP contribution in [0, 0.1) is 0 Å². The Morgan fingerprint density at radius 3 is 2.28 bits per heavy atom. The van der Waals surface area contributed by atoms with Crippen LogP contribution in [0.2, 0.25) is 10.0 Å². The van der Waals surface area contributed by atoms with Crippen molar-refractivity contribution >= 4 is 46.3 Å². The molecule has 1 aromatic heterocycles. The first-order chi connectivity index (χ1) is 12.0. The summed E-state index contributed by atoms with van der Waals surface area (Å²) in [6, 6.07) is 14.6. The highest BCUT2D eigenvalue weighted by Crippen LogP contribution is 2.23. The van der Waals surface area contributed by atoms with E-state index in [9.17, 15) is 4.79 Å². The topological polar surface area (TPSA) is 58.1 Å². The summed E-state index contributed by atoms with van der Waals surface area (Å²) in [5, 5.41) is 3.57. The minimum absolute atomic E-state index is 0.196. The summed E-state index contributed by atoms with van der Waals surface area (Å²) < 4.78 is 0. The van der Waals surface area contributed by atoms with Crippen molar-refractivity contribution in [3.63, 3.8) is 0 Å². The van der Waals surface area contributed by atoms with Crippen molar-refractivity contribution in [2.24, 2.45) is 0 Å². The van der Waals surface area contributed by atoms with Gasteiger partial charge in [0.1, 0.15) is 5.69 Å². The quantitative estimate of drug-likeness (QED) is 0.714. The molecule has 3 rings (SSSR count). The van der Waals surface area contributed by atoms with Gasteiger partial charge in [-0.3, -0.25) is 4.79 Å². The van der Waals surface area contributed by atoms with E-state index in [-0.39, 0.29) is 11.6 Å². The lowest BCUT2D eigenvalue weighted by Gasteiger charge is -2.17. The summed E-state index contributed by atoms with van der Waals surface area (Å²) in [4.78, 5) is 22.6. The van der Waals surface area contributed by atoms with Crippen LogP contribution < -0.4 is 10.2 Å². The van der Waals surface area contributed by atoms with Crippen LogP contribution in [-0.4, -0.2) is 22.9 Å². The molecule has 5 nitrogen and oxygen atoms in total. The molecule has 3 aromatic rings. The van der Waals surface area contributed by atoms with Crippen molar-refractivity contribution in [2.75, 3.05) is 17.3 Å².